The van der Waals surface area contributed by atoms with Gasteiger partial charge >= 0.3 is 0 Å². The summed E-state index contributed by atoms with van der Waals surface area (Å²) in [5, 5.41) is 18.5. The number of hydrogen-bond donors (Lipinski definition) is 3. The van der Waals surface area contributed by atoms with E-state index >= 15 is 0 Å². The molecule has 1 heterocycles. The summed E-state index contributed by atoms with van der Waals surface area (Å²) in [5.41, 5.74) is 5.99. The fourth-order valence-corrected chi connectivity index (χ4v) is 2.15. The Morgan fingerprint density at radius 3 is 3.00 bits per heavy atom. The molecule has 0 spiro atoms. The Labute approximate surface area is 105 Å². The van der Waals surface area contributed by atoms with Crippen molar-refractivity contribution in [2.24, 2.45) is 5.92 Å². The average Bonchev–Trinajstić information content (AvgIpc) is 2.81. The van der Waals surface area contributed by atoms with E-state index in [2.05, 4.69) is 0 Å². The zero-order valence-electron chi connectivity index (χ0n) is 9.91. The van der Waals surface area contributed by atoms with Gasteiger partial charge < -0.3 is 20.8 Å². The van der Waals surface area contributed by atoms with E-state index in [-0.39, 0.29) is 28.8 Å². The van der Waals surface area contributed by atoms with Crippen molar-refractivity contribution in [3.63, 3.8) is 0 Å². The van der Waals surface area contributed by atoms with Crippen molar-refractivity contribution in [3.8, 4) is 5.75 Å². The number of aliphatic hydroxyl groups excluding tert-OH is 1. The number of carbonyl (C=O) groups excluding carboxylic acids is 1. The molecule has 1 aromatic carbocycles. The van der Waals surface area contributed by atoms with E-state index in [0.717, 1.165) is 12.7 Å². The summed E-state index contributed by atoms with van der Waals surface area (Å²) in [7, 11) is 0. The smallest absolute Gasteiger partial charge is 0.257 e. The van der Waals surface area contributed by atoms with Crippen LogP contribution in [0.15, 0.2) is 30.5 Å². The quantitative estimate of drug-likeness (QED) is 0.420. The lowest BCUT2D eigenvalue weighted by molar-refractivity contribution is 0.0786. The van der Waals surface area contributed by atoms with Gasteiger partial charge in [-0.2, -0.15) is 0 Å². The first-order chi connectivity index (χ1) is 8.63. The Kier molecular flexibility index (Phi) is 3.41. The Balaban J connectivity index is 2.15. The van der Waals surface area contributed by atoms with Crippen LogP contribution in [0.25, 0.3) is 0 Å². The molecular formula is C13H16N2O3. The van der Waals surface area contributed by atoms with Gasteiger partial charge in [0.1, 0.15) is 0 Å². The number of phenolic OH excluding ortho intramolecular Hbond substituents is 1. The van der Waals surface area contributed by atoms with Crippen molar-refractivity contribution in [2.45, 2.75) is 6.42 Å². The third kappa shape index (κ3) is 2.25. The molecule has 1 aromatic rings. The van der Waals surface area contributed by atoms with E-state index in [0.29, 0.717) is 13.1 Å². The highest BCUT2D eigenvalue weighted by molar-refractivity contribution is 5.98. The van der Waals surface area contributed by atoms with Crippen molar-refractivity contribution in [3.05, 3.63) is 36.1 Å². The highest BCUT2D eigenvalue weighted by Crippen LogP contribution is 2.27. The SMILES string of the molecule is Nc1cccc(C(=O)N2CC[C@H](/C=C/O)C2)c1O. The molecule has 0 unspecified atom stereocenters. The van der Waals surface area contributed by atoms with Gasteiger partial charge in [0, 0.05) is 13.1 Å². The van der Waals surface area contributed by atoms with Crippen LogP contribution in [0.4, 0.5) is 5.69 Å². The molecule has 1 aliphatic rings. The number of para-hydroxylation sites is 1. The first-order valence-corrected chi connectivity index (χ1v) is 5.81. The number of anilines is 1. The Morgan fingerprint density at radius 2 is 2.28 bits per heavy atom. The Hall–Kier alpha value is -2.17. The van der Waals surface area contributed by atoms with E-state index in [4.69, 9.17) is 10.8 Å². The van der Waals surface area contributed by atoms with Crippen molar-refractivity contribution in [1.82, 2.24) is 4.90 Å². The van der Waals surface area contributed by atoms with Gasteiger partial charge in [-0.1, -0.05) is 6.07 Å². The largest absolute Gasteiger partial charge is 0.516 e. The minimum Gasteiger partial charge on any atom is -0.516 e. The molecule has 5 heteroatoms. The van der Waals surface area contributed by atoms with Crippen LogP contribution in [0.3, 0.4) is 0 Å². The number of nitrogens with two attached hydrogens (primary N) is 1. The molecule has 5 nitrogen and oxygen atoms in total. The summed E-state index contributed by atoms with van der Waals surface area (Å²) in [4.78, 5) is 13.8. The molecular weight excluding hydrogens is 232 g/mol. The highest BCUT2D eigenvalue weighted by atomic mass is 16.3. The molecule has 1 atom stereocenters. The van der Waals surface area contributed by atoms with E-state index in [1.165, 1.54) is 0 Å². The average molecular weight is 248 g/mol. The summed E-state index contributed by atoms with van der Waals surface area (Å²) in [6, 6.07) is 4.75. The zero-order chi connectivity index (χ0) is 13.1. The van der Waals surface area contributed by atoms with Gasteiger partial charge in [-0.3, -0.25) is 4.79 Å². The highest BCUT2D eigenvalue weighted by Gasteiger charge is 2.27. The topological polar surface area (TPSA) is 86.8 Å². The number of benzene rings is 1. The maximum atomic E-state index is 12.2. The normalized spacial score (nSPS) is 19.6. The van der Waals surface area contributed by atoms with Crippen molar-refractivity contribution in [2.75, 3.05) is 18.8 Å². The Bertz CT molecular complexity index is 485. The predicted octanol–water partition coefficient (Wildman–Crippen LogP) is 1.51. The van der Waals surface area contributed by atoms with Crippen LogP contribution in [0.1, 0.15) is 16.8 Å². The zero-order valence-corrected chi connectivity index (χ0v) is 9.91. The van der Waals surface area contributed by atoms with Crippen LogP contribution in [-0.4, -0.2) is 34.1 Å². The fourth-order valence-electron chi connectivity index (χ4n) is 2.15. The minimum absolute atomic E-state index is 0.163. The van der Waals surface area contributed by atoms with Gasteiger partial charge in [0.2, 0.25) is 0 Å². The molecule has 0 aliphatic carbocycles. The van der Waals surface area contributed by atoms with Gasteiger partial charge in [-0.05, 0) is 30.5 Å². The van der Waals surface area contributed by atoms with Gasteiger partial charge in [-0.15, -0.1) is 0 Å². The Morgan fingerprint density at radius 1 is 1.50 bits per heavy atom. The third-order valence-corrected chi connectivity index (χ3v) is 3.17. The number of phenols is 1. The number of rotatable bonds is 2. The second-order valence-corrected chi connectivity index (χ2v) is 4.38. The predicted molar refractivity (Wildman–Crippen MR) is 68.3 cm³/mol. The van der Waals surface area contributed by atoms with Crippen LogP contribution < -0.4 is 5.73 Å². The summed E-state index contributed by atoms with van der Waals surface area (Å²) in [5.74, 6) is -0.223. The number of nitrogens with zero attached hydrogens (tertiary/aromatic N) is 1. The van der Waals surface area contributed by atoms with E-state index in [9.17, 15) is 9.90 Å². The monoisotopic (exact) mass is 248 g/mol. The molecule has 0 bridgehead atoms. The third-order valence-electron chi connectivity index (χ3n) is 3.17. The minimum atomic E-state index is -0.228. The van der Waals surface area contributed by atoms with Crippen LogP contribution in [0.5, 0.6) is 5.75 Å². The van der Waals surface area contributed by atoms with Gasteiger partial charge in [0.15, 0.2) is 5.75 Å². The summed E-state index contributed by atoms with van der Waals surface area (Å²) < 4.78 is 0. The molecule has 0 radical (unpaired) electrons. The number of carbonyl (C=O) groups is 1. The lowest BCUT2D eigenvalue weighted by Gasteiger charge is -2.17. The number of hydrogen-bond acceptors (Lipinski definition) is 4. The number of likely N-dealkylation sites (tertiary alicyclic amines) is 1. The fraction of sp³-hybridized carbons (Fsp3) is 0.308. The van der Waals surface area contributed by atoms with Gasteiger partial charge in [0.05, 0.1) is 17.5 Å². The van der Waals surface area contributed by atoms with Gasteiger partial charge in [0.25, 0.3) is 5.91 Å². The van der Waals surface area contributed by atoms with E-state index in [1.807, 2.05) is 0 Å². The van der Waals surface area contributed by atoms with Crippen molar-refractivity contribution in [1.29, 1.82) is 0 Å². The molecule has 18 heavy (non-hydrogen) atoms. The van der Waals surface area contributed by atoms with Crippen LogP contribution in [-0.2, 0) is 0 Å². The lowest BCUT2D eigenvalue weighted by Crippen LogP contribution is -2.28. The first-order valence-electron chi connectivity index (χ1n) is 5.81. The van der Waals surface area contributed by atoms with Crippen molar-refractivity contribution >= 4 is 11.6 Å². The number of aromatic hydroxyl groups is 1. The van der Waals surface area contributed by atoms with Gasteiger partial charge in [-0.25, -0.2) is 0 Å². The lowest BCUT2D eigenvalue weighted by atomic mass is 10.1. The van der Waals surface area contributed by atoms with Crippen LogP contribution in [0.2, 0.25) is 0 Å². The van der Waals surface area contributed by atoms with Crippen molar-refractivity contribution < 1.29 is 15.0 Å². The number of nitrogen functional groups attached to an aromatic ring is 1. The molecule has 1 aliphatic heterocycles. The summed E-state index contributed by atoms with van der Waals surface area (Å²) in [6.07, 6.45) is 3.50. The van der Waals surface area contributed by atoms with Crippen LogP contribution >= 0.6 is 0 Å². The molecule has 96 valence electrons. The van der Waals surface area contributed by atoms with E-state index in [1.54, 1.807) is 29.2 Å². The molecule has 1 amide bonds. The second kappa shape index (κ2) is 5.00. The maximum absolute atomic E-state index is 12.2. The molecule has 0 saturated carbocycles. The molecule has 1 fully saturated rings. The van der Waals surface area contributed by atoms with E-state index < -0.39 is 0 Å². The molecule has 4 N–H and O–H groups in total. The molecule has 1 saturated heterocycles. The molecule has 2 rings (SSSR count). The summed E-state index contributed by atoms with van der Waals surface area (Å²) in [6.45, 7) is 1.16. The summed E-state index contributed by atoms with van der Waals surface area (Å²) >= 11 is 0. The second-order valence-electron chi connectivity index (χ2n) is 4.38. The standard InChI is InChI=1S/C13H16N2O3/c14-11-3-1-2-10(12(11)17)13(18)15-6-4-9(8-15)5-7-16/h1-3,5,7,9,16-17H,4,6,8,14H2/b7-5+/t9-/m1/s1. The first kappa shape index (κ1) is 12.3. The molecule has 0 aromatic heterocycles. The number of amides is 1. The van der Waals surface area contributed by atoms with Crippen LogP contribution in [0, 0.1) is 5.92 Å². The maximum Gasteiger partial charge on any atom is 0.257 e. The number of aliphatic hydroxyl groups is 1.